The van der Waals surface area contributed by atoms with Crippen LogP contribution in [-0.4, -0.2) is 32.5 Å². The molecule has 11 aromatic rings. The molecule has 0 saturated heterocycles. The molecule has 0 N–H and O–H groups in total. The fourth-order valence-corrected chi connectivity index (χ4v) is 7.48. The number of nitrogens with zero attached hydrogens (tertiary/aromatic N) is 7. The van der Waals surface area contributed by atoms with E-state index in [4.69, 9.17) is 9.97 Å². The van der Waals surface area contributed by atoms with Crippen molar-refractivity contribution in [2.75, 3.05) is 0 Å². The summed E-state index contributed by atoms with van der Waals surface area (Å²) in [5.41, 5.74) is 11.2. The van der Waals surface area contributed by atoms with E-state index in [-0.39, 0.29) is 21.1 Å². The van der Waals surface area contributed by atoms with Gasteiger partial charge in [-0.1, -0.05) is 95.4 Å². The largest absolute Gasteiger partial charge is 2.00 e. The van der Waals surface area contributed by atoms with Crippen LogP contribution >= 0.6 is 0 Å². The first-order chi connectivity index (χ1) is 24.3. The standard InChI is InChI=1S/C42H25N7.Pt/c1-2-11-28(12-3-1)40-27-45-24-23-43-41(45)48(40)30-14-10-13-29(25-30)46-35-17-6-4-15-32(35)33-22-21-31(26-39(33)46)47-37-19-8-9-20-38(37)49-36-18-7-5-16-34(36)44-42(47)49;/h1-24,27H;/q-2;+2. The monoisotopic (exact) mass is 822 g/mol. The Bertz CT molecular complexity index is 3060. The van der Waals surface area contributed by atoms with Crippen LogP contribution in [0.3, 0.4) is 0 Å². The third kappa shape index (κ3) is 4.01. The van der Waals surface area contributed by atoms with Crippen LogP contribution < -0.4 is 0 Å². The molecular formula is C42H25N7Pt. The van der Waals surface area contributed by atoms with E-state index >= 15 is 0 Å². The predicted octanol–water partition coefficient (Wildman–Crippen LogP) is 9.23. The summed E-state index contributed by atoms with van der Waals surface area (Å²) in [7, 11) is 0. The van der Waals surface area contributed by atoms with Gasteiger partial charge in [0.25, 0.3) is 0 Å². The number of hydrogen-bond donors (Lipinski definition) is 0. The molecule has 7 nitrogen and oxygen atoms in total. The molecule has 11 rings (SSSR count). The number of aromatic nitrogens is 7. The van der Waals surface area contributed by atoms with Crippen LogP contribution in [0.4, 0.5) is 0 Å². The maximum absolute atomic E-state index is 5.11. The van der Waals surface area contributed by atoms with Gasteiger partial charge in [-0.2, -0.15) is 12.1 Å². The van der Waals surface area contributed by atoms with Gasteiger partial charge >= 0.3 is 21.1 Å². The van der Waals surface area contributed by atoms with Crippen LogP contribution in [0.5, 0.6) is 0 Å². The van der Waals surface area contributed by atoms with Crippen molar-refractivity contribution in [2.45, 2.75) is 0 Å². The van der Waals surface area contributed by atoms with Gasteiger partial charge in [0.2, 0.25) is 11.6 Å². The van der Waals surface area contributed by atoms with E-state index in [1.807, 2.05) is 24.5 Å². The minimum Gasteiger partial charge on any atom is -0.358 e. The van der Waals surface area contributed by atoms with Crippen molar-refractivity contribution in [1.82, 2.24) is 32.5 Å². The average molecular weight is 823 g/mol. The first kappa shape index (κ1) is 28.8. The molecule has 0 aliphatic rings. The van der Waals surface area contributed by atoms with Crippen LogP contribution in [0.2, 0.25) is 0 Å². The van der Waals surface area contributed by atoms with E-state index in [2.05, 4.69) is 162 Å². The van der Waals surface area contributed by atoms with Gasteiger partial charge in [0, 0.05) is 29.7 Å². The van der Waals surface area contributed by atoms with Crippen molar-refractivity contribution in [3.8, 4) is 28.3 Å². The first-order valence-electron chi connectivity index (χ1n) is 16.3. The van der Waals surface area contributed by atoms with E-state index in [1.54, 1.807) is 0 Å². The second-order valence-electron chi connectivity index (χ2n) is 12.3. The molecule has 0 saturated carbocycles. The zero-order valence-corrected chi connectivity index (χ0v) is 28.7. The van der Waals surface area contributed by atoms with Gasteiger partial charge in [0.15, 0.2) is 0 Å². The fourth-order valence-electron chi connectivity index (χ4n) is 7.48. The van der Waals surface area contributed by atoms with Gasteiger partial charge in [-0.25, -0.2) is 9.97 Å². The average Bonchev–Trinajstić information content (AvgIpc) is 3.96. The van der Waals surface area contributed by atoms with Gasteiger partial charge in [0.1, 0.15) is 0 Å². The van der Waals surface area contributed by atoms with Crippen molar-refractivity contribution in [2.24, 2.45) is 0 Å². The molecular weight excluding hydrogens is 798 g/mol. The fraction of sp³-hybridized carbons (Fsp3) is 0. The molecule has 8 heteroatoms. The topological polar surface area (TPSA) is 49.4 Å². The van der Waals surface area contributed by atoms with Crippen LogP contribution in [0.15, 0.2) is 152 Å². The summed E-state index contributed by atoms with van der Waals surface area (Å²) in [5.74, 6) is 1.69. The summed E-state index contributed by atoms with van der Waals surface area (Å²) in [6.45, 7) is 0. The van der Waals surface area contributed by atoms with E-state index in [9.17, 15) is 0 Å². The van der Waals surface area contributed by atoms with Crippen molar-refractivity contribution in [1.29, 1.82) is 0 Å². The minimum atomic E-state index is 0. The quantitative estimate of drug-likeness (QED) is 0.166. The Balaban J connectivity index is 0.00000316. The molecule has 0 unspecified atom stereocenters. The smallest absolute Gasteiger partial charge is 0.358 e. The van der Waals surface area contributed by atoms with Crippen LogP contribution in [0.25, 0.3) is 83.7 Å². The van der Waals surface area contributed by atoms with Crippen LogP contribution in [-0.2, 0) is 21.1 Å². The number of imidazole rings is 4. The molecule has 50 heavy (non-hydrogen) atoms. The van der Waals surface area contributed by atoms with E-state index < -0.39 is 0 Å². The van der Waals surface area contributed by atoms with Crippen molar-refractivity contribution < 1.29 is 21.1 Å². The third-order valence-electron chi connectivity index (χ3n) is 9.58. The molecule has 5 aromatic heterocycles. The van der Waals surface area contributed by atoms with E-state index in [0.29, 0.717) is 0 Å². The summed E-state index contributed by atoms with van der Waals surface area (Å²) < 4.78 is 11.0. The van der Waals surface area contributed by atoms with E-state index in [1.165, 1.54) is 0 Å². The van der Waals surface area contributed by atoms with Crippen LogP contribution in [0.1, 0.15) is 0 Å². The van der Waals surface area contributed by atoms with Crippen molar-refractivity contribution in [3.63, 3.8) is 0 Å². The molecule has 0 aliphatic carbocycles. The summed E-state index contributed by atoms with van der Waals surface area (Å²) in [4.78, 5) is 9.83. The Labute approximate surface area is 300 Å². The van der Waals surface area contributed by atoms with Crippen LogP contribution in [0, 0.1) is 12.1 Å². The predicted molar refractivity (Wildman–Crippen MR) is 195 cm³/mol. The molecule has 0 atom stereocenters. The molecule has 0 bridgehead atoms. The Hall–Kier alpha value is -6.17. The molecule has 5 heterocycles. The van der Waals surface area contributed by atoms with Gasteiger partial charge < -0.3 is 13.7 Å². The van der Waals surface area contributed by atoms with Gasteiger partial charge in [-0.05, 0) is 35.7 Å². The molecule has 0 spiro atoms. The van der Waals surface area contributed by atoms with Crippen molar-refractivity contribution in [3.05, 3.63) is 164 Å². The number of hydrogen-bond acceptors (Lipinski definition) is 2. The summed E-state index contributed by atoms with van der Waals surface area (Å²) >= 11 is 0. The zero-order chi connectivity index (χ0) is 32.1. The minimum absolute atomic E-state index is 0. The second-order valence-corrected chi connectivity index (χ2v) is 12.3. The Morgan fingerprint density at radius 2 is 1.20 bits per heavy atom. The van der Waals surface area contributed by atoms with Gasteiger partial charge in [0.05, 0.1) is 27.8 Å². The first-order valence-corrected chi connectivity index (χ1v) is 16.3. The van der Waals surface area contributed by atoms with Gasteiger partial charge in [-0.15, -0.1) is 35.7 Å². The third-order valence-corrected chi connectivity index (χ3v) is 9.58. The van der Waals surface area contributed by atoms with Gasteiger partial charge in [-0.3, -0.25) is 8.80 Å². The molecule has 0 amide bonds. The second kappa shape index (κ2) is 10.9. The Morgan fingerprint density at radius 3 is 2.06 bits per heavy atom. The molecule has 0 aliphatic heterocycles. The SMILES string of the molecule is [Pt+2].[c-]1c(-n2c(-c3ccccc3)cn3ccnc23)cccc1-n1c2[c-]c(-n3c4ccccc4n4c5ccccc5nc34)ccc2c2ccccc21. The molecule has 6 aromatic carbocycles. The maximum atomic E-state index is 5.11. The Morgan fingerprint density at radius 1 is 0.500 bits per heavy atom. The zero-order valence-electron chi connectivity index (χ0n) is 26.4. The summed E-state index contributed by atoms with van der Waals surface area (Å²) in [5, 5.41) is 2.29. The van der Waals surface area contributed by atoms with Crippen molar-refractivity contribution >= 4 is 55.4 Å². The summed E-state index contributed by atoms with van der Waals surface area (Å²) in [6.07, 6.45) is 5.94. The maximum Gasteiger partial charge on any atom is 2.00 e. The number of benzene rings is 6. The molecule has 238 valence electrons. The summed E-state index contributed by atoms with van der Waals surface area (Å²) in [6, 6.07) is 54.1. The number of rotatable bonds is 4. The Kier molecular flexibility index (Phi) is 6.29. The van der Waals surface area contributed by atoms with E-state index in [0.717, 1.165) is 83.7 Å². The normalized spacial score (nSPS) is 11.8. The molecule has 0 radical (unpaired) electrons. The number of fused-ring (bicyclic) bond motifs is 9. The molecule has 0 fully saturated rings. The number of para-hydroxylation sites is 5.